The van der Waals surface area contributed by atoms with Crippen LogP contribution in [0.1, 0.15) is 34.6 Å². The molecule has 0 radical (unpaired) electrons. The maximum absolute atomic E-state index is 12.9. The number of benzene rings is 2. The molecule has 2 aromatic rings. The van der Waals surface area contributed by atoms with Gasteiger partial charge in [-0.1, -0.05) is 63.4 Å². The van der Waals surface area contributed by atoms with Gasteiger partial charge in [-0.2, -0.15) is 11.1 Å². The van der Waals surface area contributed by atoms with Crippen molar-refractivity contribution < 1.29 is 26.5 Å². The van der Waals surface area contributed by atoms with Crippen molar-refractivity contribution in [1.82, 2.24) is 0 Å². The molecule has 0 bridgehead atoms. The van der Waals surface area contributed by atoms with Gasteiger partial charge in [-0.3, -0.25) is 6.08 Å². The molecular formula is C22H24Cl2FOTi-. The summed E-state index contributed by atoms with van der Waals surface area (Å²) in [6.45, 7) is 10.9. The van der Waals surface area contributed by atoms with Gasteiger partial charge in [0.1, 0.15) is 11.6 Å². The van der Waals surface area contributed by atoms with Crippen LogP contribution in [0.15, 0.2) is 65.3 Å². The fraction of sp³-hybridized carbons (Fsp3) is 0.273. The van der Waals surface area contributed by atoms with Crippen molar-refractivity contribution in [2.75, 3.05) is 0 Å². The first kappa shape index (κ1) is 24.0. The van der Waals surface area contributed by atoms with Crippen molar-refractivity contribution in [3.05, 3.63) is 77.1 Å². The molecule has 0 saturated heterocycles. The number of halogens is 3. The summed E-state index contributed by atoms with van der Waals surface area (Å²) in [5.74, 6) is -0.251. The fourth-order valence-electron chi connectivity index (χ4n) is 2.76. The van der Waals surface area contributed by atoms with Crippen LogP contribution in [0.3, 0.4) is 0 Å². The van der Waals surface area contributed by atoms with Crippen LogP contribution in [-0.4, -0.2) is 5.11 Å². The standard InChI is InChI=1S/C12H9FO.C10H15.2ClH.Ti/c13-10-6-7-12(14)11(8-10)9-4-2-1-3-5-9;1-7-6-10(4,5)9(3)8(7)2;;;/h1-8,14H;1-5H3;2*1H;/q;-1;;;+2/p-2. The Morgan fingerprint density at radius 1 is 1.00 bits per heavy atom. The molecule has 1 aliphatic carbocycles. The Hall–Kier alpha value is -1.06. The van der Waals surface area contributed by atoms with Crippen LogP contribution in [0, 0.1) is 17.3 Å². The van der Waals surface area contributed by atoms with Crippen molar-refractivity contribution in [3.8, 4) is 16.9 Å². The molecule has 0 aromatic heterocycles. The Labute approximate surface area is 178 Å². The van der Waals surface area contributed by atoms with Gasteiger partial charge in [0, 0.05) is 5.56 Å². The molecule has 0 aliphatic heterocycles. The van der Waals surface area contributed by atoms with Crippen LogP contribution >= 0.6 is 18.6 Å². The number of hydrogen-bond donors (Lipinski definition) is 1. The molecule has 0 heterocycles. The minimum atomic E-state index is -0.556. The average Bonchev–Trinajstić information content (AvgIpc) is 2.81. The molecule has 0 fully saturated rings. The molecule has 0 unspecified atom stereocenters. The molecule has 1 nitrogen and oxygen atoms in total. The zero-order valence-electron chi connectivity index (χ0n) is 16.2. The van der Waals surface area contributed by atoms with Gasteiger partial charge in [0.05, 0.1) is 0 Å². The second kappa shape index (κ2) is 11.1. The summed E-state index contributed by atoms with van der Waals surface area (Å²) in [5.41, 5.74) is 5.72. The minimum absolute atomic E-state index is 0.0950. The third-order valence-corrected chi connectivity index (χ3v) is 4.61. The number of aromatic hydroxyl groups is 1. The Bertz CT molecular complexity index is 814. The van der Waals surface area contributed by atoms with E-state index in [-0.39, 0.29) is 17.0 Å². The van der Waals surface area contributed by atoms with Crippen LogP contribution in [0.4, 0.5) is 4.39 Å². The van der Waals surface area contributed by atoms with Gasteiger partial charge in [0.15, 0.2) is 0 Å². The van der Waals surface area contributed by atoms with Crippen molar-refractivity contribution >= 4 is 18.6 Å². The number of rotatable bonds is 1. The van der Waals surface area contributed by atoms with E-state index in [1.807, 2.05) is 30.3 Å². The quantitative estimate of drug-likeness (QED) is 0.355. The van der Waals surface area contributed by atoms with E-state index >= 15 is 0 Å². The zero-order chi connectivity index (χ0) is 20.6. The molecule has 5 heteroatoms. The summed E-state index contributed by atoms with van der Waals surface area (Å²) < 4.78 is 12.9. The van der Waals surface area contributed by atoms with Crippen LogP contribution in [0.2, 0.25) is 0 Å². The summed E-state index contributed by atoms with van der Waals surface area (Å²) >= 11 is -0.556. The molecule has 27 heavy (non-hydrogen) atoms. The van der Waals surface area contributed by atoms with E-state index in [1.165, 1.54) is 34.9 Å². The summed E-state index contributed by atoms with van der Waals surface area (Å²) in [6.07, 6.45) is 3.44. The molecule has 0 atom stereocenters. The number of phenols is 1. The summed E-state index contributed by atoms with van der Waals surface area (Å²) in [6, 6.07) is 13.1. The van der Waals surface area contributed by atoms with E-state index in [0.29, 0.717) is 5.56 Å². The number of phenolic OH excluding ortho intramolecular Hbond substituents is 1. The second-order valence-electron chi connectivity index (χ2n) is 6.72. The zero-order valence-corrected chi connectivity index (χ0v) is 19.3. The fourth-order valence-corrected chi connectivity index (χ4v) is 2.76. The topological polar surface area (TPSA) is 20.2 Å². The summed E-state index contributed by atoms with van der Waals surface area (Å²) in [5, 5.41) is 9.52. The van der Waals surface area contributed by atoms with Crippen molar-refractivity contribution in [2.24, 2.45) is 5.41 Å². The van der Waals surface area contributed by atoms with Crippen molar-refractivity contribution in [1.29, 1.82) is 0 Å². The van der Waals surface area contributed by atoms with E-state index in [9.17, 15) is 9.50 Å². The molecule has 0 saturated carbocycles. The molecule has 1 aliphatic rings. The second-order valence-corrected chi connectivity index (χ2v) is 9.30. The molecule has 0 amide bonds. The Balaban J connectivity index is 0.000000246. The van der Waals surface area contributed by atoms with Gasteiger partial charge >= 0.3 is 35.6 Å². The van der Waals surface area contributed by atoms with Crippen LogP contribution in [0.25, 0.3) is 11.1 Å². The summed E-state index contributed by atoms with van der Waals surface area (Å²) in [7, 11) is 9.78. The first-order valence-electron chi connectivity index (χ1n) is 8.44. The van der Waals surface area contributed by atoms with Gasteiger partial charge in [0.25, 0.3) is 0 Å². The van der Waals surface area contributed by atoms with Gasteiger partial charge in [-0.25, -0.2) is 9.96 Å². The Morgan fingerprint density at radius 2 is 1.56 bits per heavy atom. The van der Waals surface area contributed by atoms with E-state index in [0.717, 1.165) is 5.56 Å². The Kier molecular flexibility index (Phi) is 9.83. The van der Waals surface area contributed by atoms with Crippen LogP contribution in [-0.2, 0) is 17.0 Å². The van der Waals surface area contributed by atoms with E-state index < -0.39 is 17.0 Å². The van der Waals surface area contributed by atoms with E-state index in [1.54, 1.807) is 0 Å². The first-order valence-corrected chi connectivity index (χ1v) is 12.7. The monoisotopic (exact) mass is 441 g/mol. The molecule has 1 N–H and O–H groups in total. The molecule has 144 valence electrons. The third-order valence-electron chi connectivity index (χ3n) is 4.61. The predicted molar refractivity (Wildman–Crippen MR) is 110 cm³/mol. The Morgan fingerprint density at radius 3 is 1.96 bits per heavy atom. The van der Waals surface area contributed by atoms with Gasteiger partial charge in [-0.05, 0) is 23.8 Å². The van der Waals surface area contributed by atoms with Crippen LogP contribution in [0.5, 0.6) is 5.75 Å². The SMILES string of the molecule is CC1=[C-]C(C)(C)C(C)=C1C.Oc1ccc(F)cc1-c1ccccc1.[Cl][Ti][Cl]. The third kappa shape index (κ3) is 7.12. The van der Waals surface area contributed by atoms with Crippen LogP contribution < -0.4 is 0 Å². The van der Waals surface area contributed by atoms with Crippen molar-refractivity contribution in [2.45, 2.75) is 34.6 Å². The van der Waals surface area contributed by atoms with Gasteiger partial charge < -0.3 is 5.11 Å². The normalized spacial score (nSPS) is 14.4. The number of allylic oxidation sites excluding steroid dienone is 4. The van der Waals surface area contributed by atoms with E-state index in [4.69, 9.17) is 18.6 Å². The molecule has 3 rings (SSSR count). The predicted octanol–water partition coefficient (Wildman–Crippen LogP) is 7.69. The first-order chi connectivity index (χ1) is 12.6. The van der Waals surface area contributed by atoms with Gasteiger partial charge in [0.2, 0.25) is 0 Å². The molecule has 0 spiro atoms. The summed E-state index contributed by atoms with van der Waals surface area (Å²) in [4.78, 5) is 0. The van der Waals surface area contributed by atoms with E-state index in [2.05, 4.69) is 40.7 Å². The molecule has 2 aromatic carbocycles. The number of hydrogen-bond acceptors (Lipinski definition) is 1. The molecular weight excluding hydrogens is 418 g/mol. The maximum atomic E-state index is 12.9. The average molecular weight is 442 g/mol. The van der Waals surface area contributed by atoms with Crippen molar-refractivity contribution in [3.63, 3.8) is 0 Å². The van der Waals surface area contributed by atoms with Gasteiger partial charge in [-0.15, -0.1) is 6.92 Å².